The second-order valence-corrected chi connectivity index (χ2v) is 3.98. The normalized spacial score (nSPS) is 9.78. The van der Waals surface area contributed by atoms with Crippen molar-refractivity contribution < 1.29 is 0 Å². The topological polar surface area (TPSA) is 52.8 Å². The van der Waals surface area contributed by atoms with Crippen molar-refractivity contribution in [1.82, 2.24) is 9.97 Å². The van der Waals surface area contributed by atoms with E-state index in [4.69, 9.17) is 16.9 Å². The number of rotatable bonds is 4. The highest BCUT2D eigenvalue weighted by Gasteiger charge is 2.10. The molecule has 1 aromatic carbocycles. The second kappa shape index (κ2) is 5.99. The molecule has 0 atom stereocenters. The molecule has 2 aromatic rings. The van der Waals surface area contributed by atoms with E-state index in [0.717, 1.165) is 5.69 Å². The van der Waals surface area contributed by atoms with Crippen LogP contribution in [0.3, 0.4) is 0 Å². The highest BCUT2D eigenvalue weighted by molar-refractivity contribution is 6.29. The zero-order valence-electron chi connectivity index (χ0n) is 9.62. The fourth-order valence-electron chi connectivity index (χ4n) is 1.62. The van der Waals surface area contributed by atoms with E-state index >= 15 is 0 Å². The fourth-order valence-corrected chi connectivity index (χ4v) is 1.76. The van der Waals surface area contributed by atoms with Crippen molar-refractivity contribution in [3.63, 3.8) is 0 Å². The standard InChI is InChI=1S/C13H11ClN4/c14-12-9-13(17-10-16-12)18(8-4-7-15)11-5-2-1-3-6-11/h1-3,5-6,9-10H,4,8H2. The summed E-state index contributed by atoms with van der Waals surface area (Å²) >= 11 is 5.87. The number of anilines is 2. The minimum atomic E-state index is 0.387. The van der Waals surface area contributed by atoms with Crippen molar-refractivity contribution in [3.05, 3.63) is 47.9 Å². The van der Waals surface area contributed by atoms with Crippen molar-refractivity contribution in [2.45, 2.75) is 6.42 Å². The van der Waals surface area contributed by atoms with Crippen LogP contribution >= 0.6 is 11.6 Å². The van der Waals surface area contributed by atoms with Gasteiger partial charge in [0.1, 0.15) is 17.3 Å². The van der Waals surface area contributed by atoms with Crippen molar-refractivity contribution >= 4 is 23.1 Å². The Labute approximate surface area is 110 Å². The van der Waals surface area contributed by atoms with Crippen LogP contribution in [0.5, 0.6) is 0 Å². The van der Waals surface area contributed by atoms with Gasteiger partial charge in [0.25, 0.3) is 0 Å². The molecule has 4 nitrogen and oxygen atoms in total. The molecule has 0 unspecified atom stereocenters. The first kappa shape index (κ1) is 12.3. The Hall–Kier alpha value is -2.12. The van der Waals surface area contributed by atoms with Gasteiger partial charge < -0.3 is 4.90 Å². The highest BCUT2D eigenvalue weighted by Crippen LogP contribution is 2.24. The summed E-state index contributed by atoms with van der Waals surface area (Å²) in [4.78, 5) is 9.99. The van der Waals surface area contributed by atoms with Gasteiger partial charge in [-0.15, -0.1) is 0 Å². The Balaban J connectivity index is 2.34. The summed E-state index contributed by atoms with van der Waals surface area (Å²) in [6.45, 7) is 0.563. The smallest absolute Gasteiger partial charge is 0.137 e. The molecule has 0 N–H and O–H groups in total. The Bertz CT molecular complexity index is 550. The molecule has 0 radical (unpaired) electrons. The molecular formula is C13H11ClN4. The van der Waals surface area contributed by atoms with Crippen LogP contribution in [0.2, 0.25) is 5.15 Å². The van der Waals surface area contributed by atoms with E-state index in [9.17, 15) is 0 Å². The third-order valence-electron chi connectivity index (χ3n) is 2.41. The number of hydrogen-bond donors (Lipinski definition) is 0. The zero-order chi connectivity index (χ0) is 12.8. The molecule has 0 saturated heterocycles. The van der Waals surface area contributed by atoms with Gasteiger partial charge in [-0.1, -0.05) is 29.8 Å². The summed E-state index contributed by atoms with van der Waals surface area (Å²) in [5.41, 5.74) is 0.975. The summed E-state index contributed by atoms with van der Waals surface area (Å²) in [6.07, 6.45) is 1.83. The predicted molar refractivity (Wildman–Crippen MR) is 70.7 cm³/mol. The van der Waals surface area contributed by atoms with Gasteiger partial charge >= 0.3 is 0 Å². The lowest BCUT2D eigenvalue weighted by atomic mass is 10.2. The van der Waals surface area contributed by atoms with Crippen molar-refractivity contribution in [2.75, 3.05) is 11.4 Å². The van der Waals surface area contributed by atoms with Crippen LogP contribution in [-0.2, 0) is 0 Å². The molecule has 2 rings (SSSR count). The SMILES string of the molecule is N#CCCN(c1ccccc1)c1cc(Cl)ncn1. The average molecular weight is 259 g/mol. The maximum atomic E-state index is 8.73. The minimum absolute atomic E-state index is 0.387. The van der Waals surface area contributed by atoms with Crippen molar-refractivity contribution in [2.24, 2.45) is 0 Å². The molecule has 0 aliphatic carbocycles. The number of halogens is 1. The quantitative estimate of drug-likeness (QED) is 0.791. The Morgan fingerprint density at radius 1 is 1.22 bits per heavy atom. The van der Waals surface area contributed by atoms with Crippen LogP contribution in [0.15, 0.2) is 42.7 Å². The molecule has 0 saturated carbocycles. The number of hydrogen-bond acceptors (Lipinski definition) is 4. The molecule has 0 fully saturated rings. The zero-order valence-corrected chi connectivity index (χ0v) is 10.4. The number of para-hydroxylation sites is 1. The molecule has 18 heavy (non-hydrogen) atoms. The van der Waals surface area contributed by atoms with E-state index in [0.29, 0.717) is 23.9 Å². The fraction of sp³-hybridized carbons (Fsp3) is 0.154. The average Bonchev–Trinajstić information content (AvgIpc) is 2.40. The lowest BCUT2D eigenvalue weighted by Crippen LogP contribution is -2.19. The van der Waals surface area contributed by atoms with Gasteiger partial charge in [0.2, 0.25) is 0 Å². The van der Waals surface area contributed by atoms with Gasteiger partial charge in [0.15, 0.2) is 0 Å². The van der Waals surface area contributed by atoms with Crippen molar-refractivity contribution in [3.8, 4) is 6.07 Å². The maximum Gasteiger partial charge on any atom is 0.137 e. The minimum Gasteiger partial charge on any atom is -0.325 e. The first-order valence-electron chi connectivity index (χ1n) is 5.48. The number of nitriles is 1. The third-order valence-corrected chi connectivity index (χ3v) is 2.62. The van der Waals surface area contributed by atoms with Gasteiger partial charge in [0, 0.05) is 18.3 Å². The lowest BCUT2D eigenvalue weighted by Gasteiger charge is -2.22. The molecule has 0 spiro atoms. The highest BCUT2D eigenvalue weighted by atomic mass is 35.5. The summed E-state index contributed by atoms with van der Waals surface area (Å²) < 4.78 is 0. The van der Waals surface area contributed by atoms with E-state index in [1.54, 1.807) is 6.07 Å². The van der Waals surface area contributed by atoms with Gasteiger partial charge in [-0.2, -0.15) is 5.26 Å². The third kappa shape index (κ3) is 2.96. The maximum absolute atomic E-state index is 8.73. The van der Waals surface area contributed by atoms with Gasteiger partial charge in [-0.25, -0.2) is 9.97 Å². The first-order chi connectivity index (χ1) is 8.81. The van der Waals surface area contributed by atoms with E-state index in [1.165, 1.54) is 6.33 Å². The molecule has 0 aliphatic heterocycles. The van der Waals surface area contributed by atoms with Crippen LogP contribution in [0.4, 0.5) is 11.5 Å². The van der Waals surface area contributed by atoms with Crippen molar-refractivity contribution in [1.29, 1.82) is 5.26 Å². The monoisotopic (exact) mass is 258 g/mol. The Kier molecular flexibility index (Phi) is 4.11. The Morgan fingerprint density at radius 2 is 2.00 bits per heavy atom. The summed E-state index contributed by atoms with van der Waals surface area (Å²) in [7, 11) is 0. The lowest BCUT2D eigenvalue weighted by molar-refractivity contribution is 0.920. The van der Waals surface area contributed by atoms with Crippen LogP contribution in [-0.4, -0.2) is 16.5 Å². The van der Waals surface area contributed by atoms with Crippen LogP contribution < -0.4 is 4.90 Å². The summed E-state index contributed by atoms with van der Waals surface area (Å²) in [5, 5.41) is 9.11. The molecule has 90 valence electrons. The molecular weight excluding hydrogens is 248 g/mol. The summed E-state index contributed by atoms with van der Waals surface area (Å²) in [6, 6.07) is 13.6. The van der Waals surface area contributed by atoms with Crippen LogP contribution in [0, 0.1) is 11.3 Å². The molecule has 0 aliphatic rings. The summed E-state index contributed by atoms with van der Waals surface area (Å²) in [5.74, 6) is 0.691. The van der Waals surface area contributed by atoms with Gasteiger partial charge in [-0.3, -0.25) is 0 Å². The first-order valence-corrected chi connectivity index (χ1v) is 5.86. The molecule has 0 amide bonds. The van der Waals surface area contributed by atoms with E-state index in [-0.39, 0.29) is 0 Å². The molecule has 1 heterocycles. The van der Waals surface area contributed by atoms with E-state index in [2.05, 4.69) is 16.0 Å². The van der Waals surface area contributed by atoms with Gasteiger partial charge in [0.05, 0.1) is 12.5 Å². The Morgan fingerprint density at radius 3 is 2.67 bits per heavy atom. The molecule has 1 aromatic heterocycles. The number of benzene rings is 1. The second-order valence-electron chi connectivity index (χ2n) is 3.59. The van der Waals surface area contributed by atoms with Gasteiger partial charge in [-0.05, 0) is 12.1 Å². The number of aromatic nitrogens is 2. The molecule has 0 bridgehead atoms. The largest absolute Gasteiger partial charge is 0.325 e. The molecule has 5 heteroatoms. The predicted octanol–water partition coefficient (Wildman–Crippen LogP) is 3.18. The van der Waals surface area contributed by atoms with E-state index in [1.807, 2.05) is 35.2 Å². The number of nitrogens with zero attached hydrogens (tertiary/aromatic N) is 4. The van der Waals surface area contributed by atoms with E-state index < -0.39 is 0 Å². The van der Waals surface area contributed by atoms with Crippen LogP contribution in [0.1, 0.15) is 6.42 Å². The van der Waals surface area contributed by atoms with Crippen LogP contribution in [0.25, 0.3) is 0 Å².